The third kappa shape index (κ3) is 6.22. The van der Waals surface area contributed by atoms with Gasteiger partial charge in [-0.05, 0) is 73.3 Å². The lowest BCUT2D eigenvalue weighted by Gasteiger charge is -2.26. The van der Waals surface area contributed by atoms with Crippen molar-refractivity contribution in [1.29, 1.82) is 0 Å². The van der Waals surface area contributed by atoms with Crippen LogP contribution in [0.15, 0.2) is 42.5 Å². The third-order valence-corrected chi connectivity index (χ3v) is 7.78. The monoisotopic (exact) mass is 480 g/mol. The number of carbonyl (C=O) groups is 2. The standard InChI is InChI=1S/C29H37FN2O3/c1-4-28(33)31-23-12-13-24(18-23)32(3)29(34)35-25-14-9-21(10-15-25)26-16-11-22(17-27(26)30)20-7-5-19(2)6-8-20/h9-11,14-17,19-20,23-24H,4-8,12-13,18H2,1-3H3,(H,31,33)/t19?,20?,23-,24+/m0/s1. The lowest BCUT2D eigenvalue weighted by Crippen LogP contribution is -2.39. The summed E-state index contributed by atoms with van der Waals surface area (Å²) >= 11 is 0. The van der Waals surface area contributed by atoms with Crippen LogP contribution in [0.4, 0.5) is 9.18 Å². The summed E-state index contributed by atoms with van der Waals surface area (Å²) in [5.41, 5.74) is 2.40. The maximum Gasteiger partial charge on any atom is 0.415 e. The summed E-state index contributed by atoms with van der Waals surface area (Å²) in [5.74, 6) is 1.47. The highest BCUT2D eigenvalue weighted by molar-refractivity contribution is 5.76. The second-order valence-corrected chi connectivity index (χ2v) is 10.3. The average molecular weight is 481 g/mol. The maximum absolute atomic E-state index is 15.0. The van der Waals surface area contributed by atoms with Crippen LogP contribution in [0.3, 0.4) is 0 Å². The lowest BCUT2D eigenvalue weighted by molar-refractivity contribution is -0.121. The van der Waals surface area contributed by atoms with E-state index in [9.17, 15) is 14.0 Å². The minimum atomic E-state index is -0.428. The number of amides is 2. The Labute approximate surface area is 208 Å². The van der Waals surface area contributed by atoms with Gasteiger partial charge in [0.25, 0.3) is 0 Å². The van der Waals surface area contributed by atoms with Crippen LogP contribution in [0.25, 0.3) is 11.1 Å². The fraction of sp³-hybridized carbons (Fsp3) is 0.517. The molecule has 0 unspecified atom stereocenters. The van der Waals surface area contributed by atoms with E-state index in [1.54, 1.807) is 42.3 Å². The summed E-state index contributed by atoms with van der Waals surface area (Å²) < 4.78 is 20.5. The van der Waals surface area contributed by atoms with Gasteiger partial charge in [0.1, 0.15) is 11.6 Å². The summed E-state index contributed by atoms with van der Waals surface area (Å²) in [6, 6.07) is 12.7. The summed E-state index contributed by atoms with van der Waals surface area (Å²) in [6.07, 6.45) is 7.12. The van der Waals surface area contributed by atoms with E-state index in [1.165, 1.54) is 12.8 Å². The van der Waals surface area contributed by atoms with Crippen molar-refractivity contribution in [3.8, 4) is 16.9 Å². The number of benzene rings is 2. The van der Waals surface area contributed by atoms with E-state index in [2.05, 4.69) is 18.3 Å². The number of rotatable bonds is 6. The molecule has 2 saturated carbocycles. The van der Waals surface area contributed by atoms with Crippen LogP contribution < -0.4 is 10.1 Å². The van der Waals surface area contributed by atoms with Crippen LogP contribution in [-0.4, -0.2) is 36.0 Å². The molecule has 5 nitrogen and oxygen atoms in total. The molecule has 0 spiro atoms. The number of nitrogens with one attached hydrogen (secondary N) is 1. The van der Waals surface area contributed by atoms with Crippen molar-refractivity contribution in [3.63, 3.8) is 0 Å². The minimum absolute atomic E-state index is 0.0314. The molecule has 2 atom stereocenters. The van der Waals surface area contributed by atoms with Crippen LogP contribution in [0, 0.1) is 11.7 Å². The highest BCUT2D eigenvalue weighted by Crippen LogP contribution is 2.37. The van der Waals surface area contributed by atoms with E-state index >= 15 is 0 Å². The highest BCUT2D eigenvalue weighted by Gasteiger charge is 2.31. The Kier molecular flexibility index (Phi) is 8.09. The Morgan fingerprint density at radius 1 is 1.03 bits per heavy atom. The van der Waals surface area contributed by atoms with E-state index in [-0.39, 0.29) is 23.8 Å². The molecule has 188 valence electrons. The van der Waals surface area contributed by atoms with Crippen molar-refractivity contribution in [1.82, 2.24) is 10.2 Å². The molecule has 0 heterocycles. The molecule has 0 saturated heterocycles. The summed E-state index contributed by atoms with van der Waals surface area (Å²) in [5, 5.41) is 3.00. The normalized spacial score (nSPS) is 24.1. The van der Waals surface area contributed by atoms with Gasteiger partial charge in [-0.15, -0.1) is 0 Å². The SMILES string of the molecule is CCC(=O)N[C@H]1CC[C@@H](N(C)C(=O)Oc2ccc(-c3ccc(C4CCC(C)CC4)cc3F)cc2)C1. The van der Waals surface area contributed by atoms with Gasteiger partial charge in [0.15, 0.2) is 0 Å². The molecule has 6 heteroatoms. The Morgan fingerprint density at radius 3 is 2.40 bits per heavy atom. The smallest absolute Gasteiger partial charge is 0.410 e. The van der Waals surface area contributed by atoms with E-state index in [1.807, 2.05) is 13.0 Å². The highest BCUT2D eigenvalue weighted by atomic mass is 19.1. The molecule has 2 amide bonds. The molecule has 2 aliphatic carbocycles. The van der Waals surface area contributed by atoms with Crippen molar-refractivity contribution >= 4 is 12.0 Å². The molecule has 2 aromatic rings. The molecule has 0 bridgehead atoms. The molecule has 4 rings (SSSR count). The van der Waals surface area contributed by atoms with Gasteiger partial charge in [-0.2, -0.15) is 0 Å². The zero-order chi connectivity index (χ0) is 24.9. The van der Waals surface area contributed by atoms with Gasteiger partial charge in [0.2, 0.25) is 5.91 Å². The lowest BCUT2D eigenvalue weighted by atomic mass is 9.79. The summed E-state index contributed by atoms with van der Waals surface area (Å²) in [6.45, 7) is 4.12. The number of nitrogens with zero attached hydrogens (tertiary/aromatic N) is 1. The zero-order valence-electron chi connectivity index (χ0n) is 21.1. The Balaban J connectivity index is 1.34. The predicted octanol–water partition coefficient (Wildman–Crippen LogP) is 6.66. The summed E-state index contributed by atoms with van der Waals surface area (Å²) in [7, 11) is 1.73. The van der Waals surface area contributed by atoms with Gasteiger partial charge in [-0.1, -0.05) is 51.0 Å². The van der Waals surface area contributed by atoms with Crippen molar-refractivity contribution in [3.05, 3.63) is 53.8 Å². The first-order chi connectivity index (χ1) is 16.8. The number of halogens is 1. The minimum Gasteiger partial charge on any atom is -0.410 e. The van der Waals surface area contributed by atoms with Crippen LogP contribution in [0.5, 0.6) is 5.75 Å². The van der Waals surface area contributed by atoms with Crippen molar-refractivity contribution in [2.24, 2.45) is 5.92 Å². The average Bonchev–Trinajstić information content (AvgIpc) is 3.32. The van der Waals surface area contributed by atoms with E-state index < -0.39 is 6.09 Å². The number of carbonyl (C=O) groups excluding carboxylic acids is 2. The molecule has 1 N–H and O–H groups in total. The molecule has 2 aliphatic rings. The largest absolute Gasteiger partial charge is 0.415 e. The van der Waals surface area contributed by atoms with Gasteiger partial charge >= 0.3 is 6.09 Å². The van der Waals surface area contributed by atoms with Gasteiger partial charge in [-0.25, -0.2) is 9.18 Å². The molecule has 35 heavy (non-hydrogen) atoms. The van der Waals surface area contributed by atoms with E-state index in [4.69, 9.17) is 4.74 Å². The molecule has 0 aliphatic heterocycles. The van der Waals surface area contributed by atoms with Crippen molar-refractivity contribution < 1.29 is 18.7 Å². The molecule has 0 aromatic heterocycles. The van der Waals surface area contributed by atoms with Crippen LogP contribution in [0.1, 0.15) is 76.7 Å². The first-order valence-electron chi connectivity index (χ1n) is 13.0. The molecular weight excluding hydrogens is 443 g/mol. The Hall–Kier alpha value is -2.89. The predicted molar refractivity (Wildman–Crippen MR) is 136 cm³/mol. The zero-order valence-corrected chi connectivity index (χ0v) is 21.1. The van der Waals surface area contributed by atoms with Crippen LogP contribution >= 0.6 is 0 Å². The second kappa shape index (κ2) is 11.2. The Bertz CT molecular complexity index is 1030. The van der Waals surface area contributed by atoms with E-state index in [0.29, 0.717) is 23.7 Å². The number of hydrogen-bond acceptors (Lipinski definition) is 3. The van der Waals surface area contributed by atoms with Crippen LogP contribution in [0.2, 0.25) is 0 Å². The molecule has 2 fully saturated rings. The van der Waals surface area contributed by atoms with Crippen LogP contribution in [-0.2, 0) is 4.79 Å². The topological polar surface area (TPSA) is 58.6 Å². The van der Waals surface area contributed by atoms with Crippen molar-refractivity contribution in [2.75, 3.05) is 7.05 Å². The number of hydrogen-bond donors (Lipinski definition) is 1. The summed E-state index contributed by atoms with van der Waals surface area (Å²) in [4.78, 5) is 25.9. The van der Waals surface area contributed by atoms with Gasteiger partial charge in [0, 0.05) is 31.1 Å². The third-order valence-electron chi connectivity index (χ3n) is 7.78. The first kappa shape index (κ1) is 25.2. The first-order valence-corrected chi connectivity index (χ1v) is 13.0. The van der Waals surface area contributed by atoms with Gasteiger partial charge in [-0.3, -0.25) is 4.79 Å². The maximum atomic E-state index is 15.0. The Morgan fingerprint density at radius 2 is 1.74 bits per heavy atom. The molecular formula is C29H37FN2O3. The van der Waals surface area contributed by atoms with Gasteiger partial charge in [0.05, 0.1) is 0 Å². The number of ether oxygens (including phenoxy) is 1. The van der Waals surface area contributed by atoms with Gasteiger partial charge < -0.3 is 15.0 Å². The molecule has 0 radical (unpaired) electrons. The fourth-order valence-corrected chi connectivity index (χ4v) is 5.41. The fourth-order valence-electron chi connectivity index (χ4n) is 5.41. The van der Waals surface area contributed by atoms with E-state index in [0.717, 1.165) is 49.1 Å². The molecule has 2 aromatic carbocycles. The quantitative estimate of drug-likeness (QED) is 0.503. The van der Waals surface area contributed by atoms with Crippen molar-refractivity contribution in [2.45, 2.75) is 83.2 Å². The second-order valence-electron chi connectivity index (χ2n) is 10.3.